The van der Waals surface area contributed by atoms with Gasteiger partial charge in [0.05, 0.1) is 15.8 Å². The molecular formula is C15H10Cl2N2O3S. The lowest BCUT2D eigenvalue weighted by Gasteiger charge is -1.99. The summed E-state index contributed by atoms with van der Waals surface area (Å²) < 4.78 is 5.79. The summed E-state index contributed by atoms with van der Waals surface area (Å²) in [6, 6.07) is 10.6. The maximum atomic E-state index is 10.6. The number of aromatic amines is 1. The van der Waals surface area contributed by atoms with Gasteiger partial charge in [-0.2, -0.15) is 5.10 Å². The van der Waals surface area contributed by atoms with Gasteiger partial charge in [0.25, 0.3) is 0 Å². The monoisotopic (exact) mass is 368 g/mol. The number of carboxylic acid groups (broad SMARTS) is 1. The van der Waals surface area contributed by atoms with Crippen LogP contribution in [0.2, 0.25) is 10.0 Å². The van der Waals surface area contributed by atoms with Gasteiger partial charge in [0.15, 0.2) is 5.76 Å². The first-order chi connectivity index (χ1) is 11.0. The first kappa shape index (κ1) is 16.0. The topological polar surface area (TPSA) is 79.1 Å². The van der Waals surface area contributed by atoms with Crippen molar-refractivity contribution in [3.63, 3.8) is 0 Å². The Morgan fingerprint density at radius 3 is 2.70 bits per heavy atom. The number of hydrogen-bond acceptors (Lipinski definition) is 4. The minimum absolute atomic E-state index is 0.0447. The van der Waals surface area contributed by atoms with Crippen LogP contribution in [0, 0.1) is 0 Å². The summed E-state index contributed by atoms with van der Waals surface area (Å²) in [5, 5.41) is 17.1. The van der Waals surface area contributed by atoms with Crippen LogP contribution < -0.4 is 0 Å². The van der Waals surface area contributed by atoms with E-state index in [1.54, 1.807) is 24.3 Å². The van der Waals surface area contributed by atoms with E-state index in [2.05, 4.69) is 10.2 Å². The number of nitrogens with one attached hydrogen (secondary N) is 1. The largest absolute Gasteiger partial charge is 0.481 e. The highest BCUT2D eigenvalue weighted by molar-refractivity contribution is 7.99. The summed E-state index contributed by atoms with van der Waals surface area (Å²) in [6.45, 7) is 0. The normalized spacial score (nSPS) is 10.9. The van der Waals surface area contributed by atoms with Crippen molar-refractivity contribution in [1.29, 1.82) is 0 Å². The van der Waals surface area contributed by atoms with Crippen LogP contribution in [0.3, 0.4) is 0 Å². The fraction of sp³-hybridized carbons (Fsp3) is 0.0667. The lowest BCUT2D eigenvalue weighted by atomic mass is 10.2. The molecule has 118 valence electrons. The highest BCUT2D eigenvalue weighted by Crippen LogP contribution is 2.32. The molecule has 0 radical (unpaired) electrons. The van der Waals surface area contributed by atoms with Crippen LogP contribution in [0.25, 0.3) is 22.8 Å². The van der Waals surface area contributed by atoms with Gasteiger partial charge in [-0.15, -0.1) is 0 Å². The van der Waals surface area contributed by atoms with Crippen LogP contribution in [0.1, 0.15) is 0 Å². The number of furan rings is 1. The Kier molecular flexibility index (Phi) is 4.66. The molecule has 23 heavy (non-hydrogen) atoms. The van der Waals surface area contributed by atoms with Crippen molar-refractivity contribution in [2.24, 2.45) is 0 Å². The molecule has 2 N–H and O–H groups in total. The SMILES string of the molecule is O=C(O)CSc1cc(-c2ccc(-c3ccc(Cl)c(Cl)c3)o2)[nH]n1. The molecule has 0 unspecified atom stereocenters. The molecule has 0 spiro atoms. The second-order valence-corrected chi connectivity index (χ2v) is 6.41. The van der Waals surface area contributed by atoms with E-state index in [1.807, 2.05) is 12.1 Å². The number of carbonyl (C=O) groups is 1. The smallest absolute Gasteiger partial charge is 0.313 e. The van der Waals surface area contributed by atoms with Gasteiger partial charge in [-0.25, -0.2) is 0 Å². The lowest BCUT2D eigenvalue weighted by Crippen LogP contribution is -1.97. The van der Waals surface area contributed by atoms with Crippen molar-refractivity contribution in [3.8, 4) is 22.8 Å². The molecule has 0 aliphatic carbocycles. The van der Waals surface area contributed by atoms with Crippen molar-refractivity contribution in [3.05, 3.63) is 46.4 Å². The molecule has 1 aromatic carbocycles. The van der Waals surface area contributed by atoms with Crippen molar-refractivity contribution in [2.75, 3.05) is 5.75 Å². The average Bonchev–Trinajstić information content (AvgIpc) is 3.16. The van der Waals surface area contributed by atoms with Crippen LogP contribution in [0.4, 0.5) is 0 Å². The molecule has 5 nitrogen and oxygen atoms in total. The number of halogens is 2. The zero-order valence-electron chi connectivity index (χ0n) is 11.5. The molecule has 3 aromatic rings. The van der Waals surface area contributed by atoms with Gasteiger partial charge < -0.3 is 9.52 Å². The van der Waals surface area contributed by atoms with E-state index in [-0.39, 0.29) is 5.75 Å². The number of carboxylic acids is 1. The molecule has 0 atom stereocenters. The second kappa shape index (κ2) is 6.70. The van der Waals surface area contributed by atoms with E-state index >= 15 is 0 Å². The molecular weight excluding hydrogens is 359 g/mol. The second-order valence-electron chi connectivity index (χ2n) is 4.60. The Morgan fingerprint density at radius 1 is 1.17 bits per heavy atom. The number of benzene rings is 1. The van der Waals surface area contributed by atoms with Crippen LogP contribution in [0.15, 0.2) is 45.8 Å². The van der Waals surface area contributed by atoms with E-state index in [0.717, 1.165) is 17.3 Å². The van der Waals surface area contributed by atoms with Gasteiger partial charge in [-0.3, -0.25) is 9.89 Å². The van der Waals surface area contributed by atoms with Gasteiger partial charge in [-0.05, 0) is 30.3 Å². The number of aromatic nitrogens is 2. The number of nitrogens with zero attached hydrogens (tertiary/aromatic N) is 1. The van der Waals surface area contributed by atoms with Gasteiger partial charge >= 0.3 is 5.97 Å². The molecule has 8 heteroatoms. The summed E-state index contributed by atoms with van der Waals surface area (Å²) in [5.41, 5.74) is 1.48. The predicted molar refractivity (Wildman–Crippen MR) is 90.1 cm³/mol. The number of H-pyrrole nitrogens is 1. The third kappa shape index (κ3) is 3.72. The number of aliphatic carboxylic acids is 1. The summed E-state index contributed by atoms with van der Waals surface area (Å²) >= 11 is 13.0. The Hall–Kier alpha value is -1.89. The minimum Gasteiger partial charge on any atom is -0.481 e. The van der Waals surface area contributed by atoms with E-state index in [9.17, 15) is 4.79 Å². The zero-order valence-corrected chi connectivity index (χ0v) is 13.9. The highest BCUT2D eigenvalue weighted by Gasteiger charge is 2.11. The third-order valence-corrected chi connectivity index (χ3v) is 4.61. The minimum atomic E-state index is -0.889. The van der Waals surface area contributed by atoms with Gasteiger partial charge in [0.1, 0.15) is 16.5 Å². The Morgan fingerprint density at radius 2 is 1.96 bits per heavy atom. The van der Waals surface area contributed by atoms with Crippen molar-refractivity contribution in [1.82, 2.24) is 10.2 Å². The maximum Gasteiger partial charge on any atom is 0.313 e. The summed E-state index contributed by atoms with van der Waals surface area (Å²) in [5.74, 6) is 0.310. The van der Waals surface area contributed by atoms with E-state index in [4.69, 9.17) is 32.7 Å². The lowest BCUT2D eigenvalue weighted by molar-refractivity contribution is -0.133. The Balaban J connectivity index is 1.81. The van der Waals surface area contributed by atoms with Gasteiger partial charge in [-0.1, -0.05) is 35.0 Å². The standard InChI is InChI=1S/C15H10Cl2N2O3S/c16-9-2-1-8(5-10(9)17)12-3-4-13(22-12)11-6-14(19-18-11)23-7-15(20)21/h1-6H,7H2,(H,18,19)(H,20,21). The average molecular weight is 369 g/mol. The highest BCUT2D eigenvalue weighted by atomic mass is 35.5. The fourth-order valence-corrected chi connectivity index (χ4v) is 2.81. The molecule has 2 heterocycles. The first-order valence-electron chi connectivity index (χ1n) is 6.48. The quantitative estimate of drug-likeness (QED) is 0.631. The number of thioether (sulfide) groups is 1. The van der Waals surface area contributed by atoms with Gasteiger partial charge in [0.2, 0.25) is 0 Å². The van der Waals surface area contributed by atoms with Crippen LogP contribution >= 0.6 is 35.0 Å². The third-order valence-electron chi connectivity index (χ3n) is 2.97. The Labute approximate surface area is 145 Å². The van der Waals surface area contributed by atoms with Crippen LogP contribution in [-0.2, 0) is 4.79 Å². The first-order valence-corrected chi connectivity index (χ1v) is 8.23. The van der Waals surface area contributed by atoms with Crippen LogP contribution in [0.5, 0.6) is 0 Å². The van der Waals surface area contributed by atoms with Crippen molar-refractivity contribution >= 4 is 40.9 Å². The number of rotatable bonds is 5. The molecule has 0 saturated carbocycles. The fourth-order valence-electron chi connectivity index (χ4n) is 1.93. The molecule has 3 rings (SSSR count). The number of hydrogen-bond donors (Lipinski definition) is 2. The van der Waals surface area contributed by atoms with Crippen LogP contribution in [-0.4, -0.2) is 27.0 Å². The molecule has 0 saturated heterocycles. The molecule has 0 aliphatic rings. The summed E-state index contributed by atoms with van der Waals surface area (Å²) in [7, 11) is 0. The molecule has 0 bridgehead atoms. The van der Waals surface area contributed by atoms with E-state index in [0.29, 0.717) is 32.3 Å². The predicted octanol–water partition coefficient (Wildman–Crippen LogP) is 4.82. The summed E-state index contributed by atoms with van der Waals surface area (Å²) in [6.07, 6.45) is 0. The molecule has 0 amide bonds. The molecule has 0 fully saturated rings. The van der Waals surface area contributed by atoms with E-state index in [1.165, 1.54) is 0 Å². The summed E-state index contributed by atoms with van der Waals surface area (Å²) in [4.78, 5) is 10.6. The van der Waals surface area contributed by atoms with Crippen molar-refractivity contribution in [2.45, 2.75) is 5.03 Å². The molecule has 0 aliphatic heterocycles. The maximum absolute atomic E-state index is 10.6. The zero-order chi connectivity index (χ0) is 16.4. The van der Waals surface area contributed by atoms with Gasteiger partial charge in [0, 0.05) is 11.6 Å². The molecule has 2 aromatic heterocycles. The van der Waals surface area contributed by atoms with E-state index < -0.39 is 5.97 Å². The Bertz CT molecular complexity index is 860. The van der Waals surface area contributed by atoms with Crippen molar-refractivity contribution < 1.29 is 14.3 Å².